The predicted octanol–water partition coefficient (Wildman–Crippen LogP) is 7.95. The number of nitriles is 1. The second-order valence-corrected chi connectivity index (χ2v) is 14.0. The Hall–Kier alpha value is -4.59. The van der Waals surface area contributed by atoms with Crippen LogP contribution < -0.4 is 10.6 Å². The van der Waals surface area contributed by atoms with Crippen molar-refractivity contribution in [1.29, 1.82) is 5.26 Å². The van der Waals surface area contributed by atoms with Gasteiger partial charge in [0.25, 0.3) is 5.91 Å². The fourth-order valence-corrected chi connectivity index (χ4v) is 7.24. The molecule has 1 aliphatic heterocycles. The number of nitrogens with one attached hydrogen (secondary N) is 2. The average molecular weight is 639 g/mol. The summed E-state index contributed by atoms with van der Waals surface area (Å²) >= 11 is 2.68. The molecule has 45 heavy (non-hydrogen) atoms. The number of carbonyl (C=O) groups is 3. The van der Waals surface area contributed by atoms with Crippen LogP contribution >= 0.6 is 23.1 Å². The molecule has 1 aliphatic rings. The van der Waals surface area contributed by atoms with Crippen LogP contribution in [0, 0.1) is 18.3 Å². The van der Waals surface area contributed by atoms with Crippen molar-refractivity contribution >= 4 is 51.7 Å². The van der Waals surface area contributed by atoms with Crippen LogP contribution in [0.1, 0.15) is 63.5 Å². The first kappa shape index (κ1) is 31.8. The summed E-state index contributed by atoms with van der Waals surface area (Å²) < 4.78 is 5.54. The number of ether oxygens (including phenoxy) is 1. The number of thioether (sulfide) groups is 1. The van der Waals surface area contributed by atoms with Gasteiger partial charge >= 0.3 is 6.09 Å². The first-order valence-electron chi connectivity index (χ1n) is 14.5. The lowest BCUT2D eigenvalue weighted by Crippen LogP contribution is -2.39. The van der Waals surface area contributed by atoms with Crippen molar-refractivity contribution in [3.8, 4) is 6.07 Å². The standard InChI is InChI=1S/C35H34N4O4S2/c1-22-10-8-13-24(18-22)31(40)37-25-14-9-15-26(19-25)44-30(23-11-6-5-7-12-23)32(41)38-33-28(20-36)27-16-17-39(21-29(27)45-33)34(42)43-35(2,3)4/h5-15,18-19,30H,16-17,21H2,1-4H3,(H,37,40)(H,38,41). The van der Waals surface area contributed by atoms with Crippen LogP contribution in [0.25, 0.3) is 0 Å². The van der Waals surface area contributed by atoms with Crippen molar-refractivity contribution < 1.29 is 19.1 Å². The molecule has 0 bridgehead atoms. The Morgan fingerprint density at radius 1 is 1.00 bits per heavy atom. The maximum Gasteiger partial charge on any atom is 0.410 e. The van der Waals surface area contributed by atoms with Crippen molar-refractivity contribution in [1.82, 2.24) is 4.90 Å². The van der Waals surface area contributed by atoms with Crippen LogP contribution in [-0.4, -0.2) is 35.0 Å². The summed E-state index contributed by atoms with van der Waals surface area (Å²) in [7, 11) is 0. The van der Waals surface area contributed by atoms with Gasteiger partial charge in [0.1, 0.15) is 21.9 Å². The van der Waals surface area contributed by atoms with Gasteiger partial charge in [-0.1, -0.05) is 54.1 Å². The number of benzene rings is 3. The Balaban J connectivity index is 1.35. The van der Waals surface area contributed by atoms with E-state index in [-0.39, 0.29) is 11.8 Å². The summed E-state index contributed by atoms with van der Waals surface area (Å²) in [6.45, 7) is 8.16. The monoisotopic (exact) mass is 638 g/mol. The second kappa shape index (κ2) is 13.6. The third-order valence-electron chi connectivity index (χ3n) is 7.02. The Morgan fingerprint density at radius 3 is 2.47 bits per heavy atom. The Morgan fingerprint density at radius 2 is 1.76 bits per heavy atom. The highest BCUT2D eigenvalue weighted by Gasteiger charge is 2.31. The maximum absolute atomic E-state index is 13.9. The number of amides is 3. The summed E-state index contributed by atoms with van der Waals surface area (Å²) in [5.74, 6) is -0.492. The fraction of sp³-hybridized carbons (Fsp3) is 0.257. The number of nitrogens with zero attached hydrogens (tertiary/aromatic N) is 2. The van der Waals surface area contributed by atoms with Crippen molar-refractivity contribution in [2.45, 2.75) is 56.4 Å². The topological polar surface area (TPSA) is 112 Å². The molecule has 0 saturated heterocycles. The van der Waals surface area contributed by atoms with E-state index in [0.29, 0.717) is 41.3 Å². The average Bonchev–Trinajstić information content (AvgIpc) is 3.35. The van der Waals surface area contributed by atoms with Gasteiger partial charge in [-0.3, -0.25) is 9.59 Å². The van der Waals surface area contributed by atoms with Gasteiger partial charge in [-0.2, -0.15) is 5.26 Å². The van der Waals surface area contributed by atoms with Crippen molar-refractivity contribution in [2.24, 2.45) is 0 Å². The van der Waals surface area contributed by atoms with E-state index >= 15 is 0 Å². The van der Waals surface area contributed by atoms with Crippen LogP contribution in [0.3, 0.4) is 0 Å². The first-order chi connectivity index (χ1) is 21.5. The highest BCUT2D eigenvalue weighted by Crippen LogP contribution is 2.41. The molecule has 230 valence electrons. The molecular weight excluding hydrogens is 605 g/mol. The van der Waals surface area contributed by atoms with Gasteiger partial charge in [0.05, 0.1) is 12.1 Å². The minimum Gasteiger partial charge on any atom is -0.444 e. The molecule has 2 N–H and O–H groups in total. The van der Waals surface area contributed by atoms with Crippen LogP contribution in [-0.2, 0) is 22.5 Å². The molecule has 8 nitrogen and oxygen atoms in total. The molecule has 1 aromatic heterocycles. The van der Waals surface area contributed by atoms with Gasteiger partial charge in [-0.05, 0) is 75.6 Å². The summed E-state index contributed by atoms with van der Waals surface area (Å²) in [6, 6.07) is 26.5. The molecule has 0 saturated carbocycles. The quantitative estimate of drug-likeness (QED) is 0.199. The maximum atomic E-state index is 13.9. The van der Waals surface area contributed by atoms with Crippen molar-refractivity contribution in [2.75, 3.05) is 17.2 Å². The summed E-state index contributed by atoms with van der Waals surface area (Å²) in [5, 5.41) is 15.9. The van der Waals surface area contributed by atoms with Gasteiger partial charge in [0.15, 0.2) is 0 Å². The van der Waals surface area contributed by atoms with E-state index in [2.05, 4.69) is 16.7 Å². The minimum atomic E-state index is -0.641. The number of hydrogen-bond donors (Lipinski definition) is 2. The summed E-state index contributed by atoms with van der Waals surface area (Å²) in [4.78, 5) is 42.8. The molecule has 3 aromatic carbocycles. The number of carbonyl (C=O) groups excluding carboxylic acids is 3. The zero-order valence-electron chi connectivity index (χ0n) is 25.5. The van der Waals surface area contributed by atoms with E-state index in [9.17, 15) is 19.6 Å². The van der Waals surface area contributed by atoms with Crippen LogP contribution in [0.4, 0.5) is 15.5 Å². The zero-order chi connectivity index (χ0) is 32.1. The SMILES string of the molecule is Cc1cccc(C(=O)Nc2cccc(SC(C(=O)Nc3sc4c(c3C#N)CCN(C(=O)OC(C)(C)C)C4)c3ccccc3)c2)c1. The van der Waals surface area contributed by atoms with Crippen LogP contribution in [0.2, 0.25) is 0 Å². The van der Waals surface area contributed by atoms with E-state index in [1.807, 2.05) is 100 Å². The van der Waals surface area contributed by atoms with Crippen LogP contribution in [0.5, 0.6) is 0 Å². The molecule has 4 aromatic rings. The van der Waals surface area contributed by atoms with E-state index < -0.39 is 16.9 Å². The lowest BCUT2D eigenvalue weighted by molar-refractivity contribution is -0.115. The smallest absolute Gasteiger partial charge is 0.410 e. The number of aryl methyl sites for hydroxylation is 1. The van der Waals surface area contributed by atoms with Gasteiger partial charge in [-0.15, -0.1) is 23.1 Å². The second-order valence-electron chi connectivity index (χ2n) is 11.7. The van der Waals surface area contributed by atoms with E-state index in [1.165, 1.54) is 23.1 Å². The molecule has 10 heteroatoms. The summed E-state index contributed by atoms with van der Waals surface area (Å²) in [5.41, 5.74) is 3.66. The number of rotatable bonds is 7. The molecule has 1 unspecified atom stereocenters. The fourth-order valence-electron chi connectivity index (χ4n) is 4.94. The number of fused-ring (bicyclic) bond motifs is 1. The zero-order valence-corrected chi connectivity index (χ0v) is 27.2. The van der Waals surface area contributed by atoms with Gasteiger partial charge < -0.3 is 20.3 Å². The highest BCUT2D eigenvalue weighted by atomic mass is 32.2. The Labute approximate surface area is 271 Å². The Kier molecular flexibility index (Phi) is 9.61. The number of anilines is 2. The predicted molar refractivity (Wildman–Crippen MR) is 179 cm³/mol. The largest absolute Gasteiger partial charge is 0.444 e. The van der Waals surface area contributed by atoms with Crippen molar-refractivity contribution in [3.63, 3.8) is 0 Å². The molecule has 0 aliphatic carbocycles. The molecule has 0 radical (unpaired) electrons. The molecule has 3 amide bonds. The third-order valence-corrected chi connectivity index (χ3v) is 9.40. The van der Waals surface area contributed by atoms with E-state index in [1.54, 1.807) is 11.0 Å². The van der Waals surface area contributed by atoms with Crippen molar-refractivity contribution in [3.05, 3.63) is 112 Å². The van der Waals surface area contributed by atoms with E-state index in [4.69, 9.17) is 4.74 Å². The molecule has 2 heterocycles. The lowest BCUT2D eigenvalue weighted by atomic mass is 10.0. The lowest BCUT2D eigenvalue weighted by Gasteiger charge is -2.29. The number of hydrogen-bond acceptors (Lipinski definition) is 7. The number of thiophene rings is 1. The first-order valence-corrected chi connectivity index (χ1v) is 16.2. The minimum absolute atomic E-state index is 0.214. The van der Waals surface area contributed by atoms with Crippen LogP contribution in [0.15, 0.2) is 83.8 Å². The Bertz CT molecular complexity index is 1770. The summed E-state index contributed by atoms with van der Waals surface area (Å²) in [6.07, 6.45) is 0.102. The van der Waals surface area contributed by atoms with Gasteiger partial charge in [0.2, 0.25) is 5.91 Å². The molecule has 0 fully saturated rings. The molecular formula is C35H34N4O4S2. The molecule has 5 rings (SSSR count). The molecule has 1 atom stereocenters. The van der Waals surface area contributed by atoms with E-state index in [0.717, 1.165) is 26.5 Å². The highest BCUT2D eigenvalue weighted by molar-refractivity contribution is 8.00. The normalized spacial score (nSPS) is 13.3. The third kappa shape index (κ3) is 7.93. The van der Waals surface area contributed by atoms with Gasteiger partial charge in [0, 0.05) is 27.6 Å². The molecule has 0 spiro atoms. The van der Waals surface area contributed by atoms with Gasteiger partial charge in [-0.25, -0.2) is 4.79 Å².